The molecule has 3 rings (SSSR count). The van der Waals surface area contributed by atoms with Crippen LogP contribution in [-0.2, 0) is 35.4 Å². The highest BCUT2D eigenvalue weighted by Gasteiger charge is 2.28. The first-order valence-corrected chi connectivity index (χ1v) is 14.7. The van der Waals surface area contributed by atoms with Crippen LogP contribution in [0.1, 0.15) is 31.7 Å². The van der Waals surface area contributed by atoms with E-state index < -0.39 is 45.3 Å². The molecule has 1 aliphatic rings. The maximum Gasteiger partial charge on any atom is 0.328 e. The molecule has 11 nitrogen and oxygen atoms in total. The summed E-state index contributed by atoms with van der Waals surface area (Å²) in [6, 6.07) is 6.56. The van der Waals surface area contributed by atoms with Crippen molar-refractivity contribution in [2.45, 2.75) is 43.5 Å². The summed E-state index contributed by atoms with van der Waals surface area (Å²) in [7, 11) is -3.68. The van der Waals surface area contributed by atoms with E-state index in [9.17, 15) is 40.8 Å². The summed E-state index contributed by atoms with van der Waals surface area (Å²) >= 11 is 0. The zero-order valence-electron chi connectivity index (χ0n) is 23.1. The smallest absolute Gasteiger partial charge is 0.328 e. The van der Waals surface area contributed by atoms with Crippen LogP contribution in [0.3, 0.4) is 0 Å². The minimum Gasteiger partial charge on any atom is -0.478 e. The number of halogens is 3. The number of nitrogens with one attached hydrogen (secondary N) is 1. The first kappa shape index (κ1) is 35.0. The van der Waals surface area contributed by atoms with Gasteiger partial charge in [0.25, 0.3) is 0 Å². The molecule has 1 saturated heterocycles. The topological polar surface area (TPSA) is 184 Å². The first-order chi connectivity index (χ1) is 20.1. The van der Waals surface area contributed by atoms with E-state index >= 15 is 0 Å². The number of carbonyl (C=O) groups is 4. The van der Waals surface area contributed by atoms with E-state index in [2.05, 4.69) is 5.32 Å². The van der Waals surface area contributed by atoms with Gasteiger partial charge in [0.15, 0.2) is 21.5 Å². The molecule has 1 fully saturated rings. The monoisotopic (exact) mass is 627 g/mol. The molecule has 5 N–H and O–H groups in total. The molecule has 0 aliphatic carbocycles. The average molecular weight is 628 g/mol. The van der Waals surface area contributed by atoms with Gasteiger partial charge >= 0.3 is 11.9 Å². The number of carboxylic acids is 2. The molecule has 0 bridgehead atoms. The van der Waals surface area contributed by atoms with E-state index in [1.807, 2.05) is 0 Å². The van der Waals surface area contributed by atoms with E-state index in [0.29, 0.717) is 49.8 Å². The van der Waals surface area contributed by atoms with Gasteiger partial charge in [-0.05, 0) is 61.1 Å². The Morgan fingerprint density at radius 2 is 1.51 bits per heavy atom. The fraction of sp³-hybridized carbons (Fsp3) is 0.357. The number of carboxylic acid groups (broad SMARTS) is 2. The number of hydrogen-bond acceptors (Lipinski definition) is 7. The molecular weight excluding hydrogens is 595 g/mol. The Labute approximate surface area is 246 Å². The van der Waals surface area contributed by atoms with Crippen molar-refractivity contribution in [3.8, 4) is 0 Å². The maximum absolute atomic E-state index is 13.9. The fourth-order valence-electron chi connectivity index (χ4n) is 4.31. The van der Waals surface area contributed by atoms with Crippen LogP contribution in [0.15, 0.2) is 53.4 Å². The van der Waals surface area contributed by atoms with Gasteiger partial charge in [-0.1, -0.05) is 0 Å². The SMILES string of the molecule is CC(=O)Nc1ccc(S(=O)(=O)CCC(=O)N2CCC([C@H](N)Cc3cc(F)c(F)cc3F)CC2)cc1.O=C(O)C=CC(=O)O. The third-order valence-corrected chi connectivity index (χ3v) is 8.26. The number of hydrogen-bond donors (Lipinski definition) is 4. The van der Waals surface area contributed by atoms with Crippen LogP contribution in [0, 0.1) is 23.4 Å². The van der Waals surface area contributed by atoms with Crippen LogP contribution in [-0.4, -0.2) is 72.2 Å². The lowest BCUT2D eigenvalue weighted by molar-refractivity contribution is -0.134. The number of anilines is 1. The van der Waals surface area contributed by atoms with Crippen molar-refractivity contribution in [2.24, 2.45) is 11.7 Å². The summed E-state index contributed by atoms with van der Waals surface area (Å²) in [5.41, 5.74) is 6.67. The van der Waals surface area contributed by atoms with Crippen LogP contribution >= 0.6 is 0 Å². The van der Waals surface area contributed by atoms with Crippen molar-refractivity contribution in [2.75, 3.05) is 24.2 Å². The molecule has 2 aromatic carbocycles. The summed E-state index contributed by atoms with van der Waals surface area (Å²) in [4.78, 5) is 44.4. The van der Waals surface area contributed by atoms with Crippen molar-refractivity contribution < 1.29 is 51.0 Å². The van der Waals surface area contributed by atoms with Gasteiger partial charge in [-0.3, -0.25) is 9.59 Å². The van der Waals surface area contributed by atoms with Gasteiger partial charge in [-0.15, -0.1) is 0 Å². The number of nitrogens with zero attached hydrogens (tertiary/aromatic N) is 1. The summed E-state index contributed by atoms with van der Waals surface area (Å²) in [5.74, 6) is -6.70. The lowest BCUT2D eigenvalue weighted by atomic mass is 9.86. The first-order valence-electron chi connectivity index (χ1n) is 13.0. The molecule has 2 aromatic rings. The number of amides is 2. The number of piperidine rings is 1. The molecule has 0 spiro atoms. The summed E-state index contributed by atoms with van der Waals surface area (Å²) < 4.78 is 65.6. The molecule has 234 valence electrons. The Morgan fingerprint density at radius 1 is 0.977 bits per heavy atom. The number of rotatable bonds is 10. The van der Waals surface area contributed by atoms with Gasteiger partial charge < -0.3 is 26.2 Å². The van der Waals surface area contributed by atoms with Crippen molar-refractivity contribution in [3.05, 3.63) is 71.6 Å². The van der Waals surface area contributed by atoms with E-state index in [4.69, 9.17) is 15.9 Å². The summed E-state index contributed by atoms with van der Waals surface area (Å²) in [6.07, 6.45) is 2.06. The number of nitrogens with two attached hydrogens (primary N) is 1. The Balaban J connectivity index is 0.000000708. The van der Waals surface area contributed by atoms with Crippen molar-refractivity contribution in [1.82, 2.24) is 4.90 Å². The lowest BCUT2D eigenvalue weighted by Crippen LogP contribution is -2.44. The van der Waals surface area contributed by atoms with Crippen molar-refractivity contribution >= 4 is 39.3 Å². The van der Waals surface area contributed by atoms with E-state index in [0.717, 1.165) is 6.07 Å². The molecule has 0 aromatic heterocycles. The van der Waals surface area contributed by atoms with Gasteiger partial charge in [0, 0.05) is 56.4 Å². The second-order valence-electron chi connectivity index (χ2n) is 9.73. The Morgan fingerprint density at radius 3 is 2.02 bits per heavy atom. The molecule has 1 atom stereocenters. The highest BCUT2D eigenvalue weighted by atomic mass is 32.2. The van der Waals surface area contributed by atoms with Gasteiger partial charge in [-0.25, -0.2) is 31.2 Å². The van der Waals surface area contributed by atoms with Crippen LogP contribution in [0.25, 0.3) is 0 Å². The molecule has 0 saturated carbocycles. The predicted octanol–water partition coefficient (Wildman–Crippen LogP) is 2.75. The minimum absolute atomic E-state index is 0.00483. The molecule has 0 unspecified atom stereocenters. The minimum atomic E-state index is -3.68. The Hall–Kier alpha value is -4.24. The predicted molar refractivity (Wildman–Crippen MR) is 149 cm³/mol. The van der Waals surface area contributed by atoms with Crippen molar-refractivity contribution in [3.63, 3.8) is 0 Å². The molecule has 0 radical (unpaired) electrons. The number of sulfone groups is 1. The third-order valence-electron chi connectivity index (χ3n) is 6.53. The van der Waals surface area contributed by atoms with Crippen LogP contribution in [0.2, 0.25) is 0 Å². The normalized spacial score (nSPS) is 14.5. The fourth-order valence-corrected chi connectivity index (χ4v) is 5.54. The van der Waals surface area contributed by atoms with Crippen molar-refractivity contribution in [1.29, 1.82) is 0 Å². The highest BCUT2D eigenvalue weighted by Crippen LogP contribution is 2.24. The highest BCUT2D eigenvalue weighted by molar-refractivity contribution is 7.91. The molecule has 2 amide bonds. The summed E-state index contributed by atoms with van der Waals surface area (Å²) in [6.45, 7) is 2.10. The lowest BCUT2D eigenvalue weighted by Gasteiger charge is -2.35. The molecule has 43 heavy (non-hydrogen) atoms. The average Bonchev–Trinajstić information content (AvgIpc) is 2.94. The number of likely N-dealkylation sites (tertiary alicyclic amines) is 1. The molecule has 15 heteroatoms. The van der Waals surface area contributed by atoms with Crippen LogP contribution in [0.4, 0.5) is 18.9 Å². The Bertz CT molecular complexity index is 1440. The van der Waals surface area contributed by atoms with Crippen LogP contribution < -0.4 is 11.1 Å². The third kappa shape index (κ3) is 11.5. The Kier molecular flexibility index (Phi) is 12.9. The quantitative estimate of drug-likeness (QED) is 0.227. The summed E-state index contributed by atoms with van der Waals surface area (Å²) in [5, 5.41) is 18.2. The molecular formula is C28H32F3N3O8S. The number of carbonyl (C=O) groups excluding carboxylic acids is 2. The standard InChI is InChI=1S/C24H28F3N3O4S.C4H4O4/c1-15(31)29-18-2-4-19(5-3-18)35(33,34)11-8-24(32)30-9-6-16(7-10-30)23(28)13-17-12-21(26)22(27)14-20(17)25;5-3(6)1-2-4(7)8/h2-5,12,14,16,23H,6-11,13,28H2,1H3,(H,29,31);1-2H,(H,5,6)(H,7,8)/t23-;/m1./s1. The van der Waals surface area contributed by atoms with Crippen LogP contribution in [0.5, 0.6) is 0 Å². The van der Waals surface area contributed by atoms with E-state index in [1.165, 1.54) is 31.2 Å². The number of aliphatic carboxylic acids is 2. The van der Waals surface area contributed by atoms with E-state index in [-0.39, 0.29) is 46.8 Å². The largest absolute Gasteiger partial charge is 0.478 e. The van der Waals surface area contributed by atoms with Gasteiger partial charge in [-0.2, -0.15) is 0 Å². The maximum atomic E-state index is 13.9. The second-order valence-corrected chi connectivity index (χ2v) is 11.8. The van der Waals surface area contributed by atoms with Gasteiger partial charge in [0.05, 0.1) is 10.6 Å². The number of benzene rings is 2. The zero-order chi connectivity index (χ0) is 32.3. The van der Waals surface area contributed by atoms with Gasteiger partial charge in [0.1, 0.15) is 5.82 Å². The zero-order valence-corrected chi connectivity index (χ0v) is 24.0. The second kappa shape index (κ2) is 15.8. The van der Waals surface area contributed by atoms with Gasteiger partial charge in [0.2, 0.25) is 11.8 Å². The molecule has 1 heterocycles. The molecule has 1 aliphatic heterocycles. The van der Waals surface area contributed by atoms with E-state index in [1.54, 1.807) is 4.90 Å².